The van der Waals surface area contributed by atoms with Crippen molar-refractivity contribution < 1.29 is 9.53 Å². The third-order valence-electron chi connectivity index (χ3n) is 5.48. The average Bonchev–Trinajstić information content (AvgIpc) is 3.02. The van der Waals surface area contributed by atoms with Gasteiger partial charge in [0.05, 0.1) is 0 Å². The molecule has 0 aromatic heterocycles. The van der Waals surface area contributed by atoms with Gasteiger partial charge in [-0.25, -0.2) is 0 Å². The molecule has 0 aliphatic carbocycles. The normalized spacial score (nSPS) is 21.4. The van der Waals surface area contributed by atoms with E-state index in [4.69, 9.17) is 4.74 Å². The smallest absolute Gasteiger partial charge is 0.263 e. The fraction of sp³-hybridized carbons (Fsp3) is 0.632. The number of carbonyl (C=O) groups is 1. The number of hydrogen-bond donors (Lipinski definition) is 1. The van der Waals surface area contributed by atoms with Crippen LogP contribution in [0, 0.1) is 12.3 Å². The van der Waals surface area contributed by atoms with Gasteiger partial charge in [-0.15, -0.1) is 0 Å². The molecule has 0 saturated carbocycles. The third kappa shape index (κ3) is 3.52. The summed E-state index contributed by atoms with van der Waals surface area (Å²) in [6, 6.07) is 7.91. The summed E-state index contributed by atoms with van der Waals surface area (Å²) in [7, 11) is 0. The number of nitrogens with zero attached hydrogens (tertiary/aromatic N) is 1. The fourth-order valence-corrected chi connectivity index (χ4v) is 3.78. The van der Waals surface area contributed by atoms with Crippen LogP contribution in [0.3, 0.4) is 0 Å². The molecule has 1 unspecified atom stereocenters. The van der Waals surface area contributed by atoms with Gasteiger partial charge in [-0.3, -0.25) is 4.79 Å². The van der Waals surface area contributed by atoms with Crippen molar-refractivity contribution in [3.05, 3.63) is 29.8 Å². The minimum absolute atomic E-state index is 0.150. The summed E-state index contributed by atoms with van der Waals surface area (Å²) in [6.07, 6.45) is 3.83. The Morgan fingerprint density at radius 1 is 1.30 bits per heavy atom. The SMILES string of the molecule is CCC(Oc1ccccc1C)C(=O)N1CCC2(CCNC2)CC1. The van der Waals surface area contributed by atoms with Crippen molar-refractivity contribution in [3.63, 3.8) is 0 Å². The topological polar surface area (TPSA) is 41.6 Å². The Bertz CT molecular complexity index is 542. The largest absolute Gasteiger partial charge is 0.480 e. The Kier molecular flexibility index (Phi) is 4.90. The molecule has 4 heteroatoms. The van der Waals surface area contributed by atoms with Gasteiger partial charge in [0.25, 0.3) is 5.91 Å². The molecule has 1 aromatic carbocycles. The van der Waals surface area contributed by atoms with E-state index in [0.29, 0.717) is 11.8 Å². The number of likely N-dealkylation sites (tertiary alicyclic amines) is 1. The van der Waals surface area contributed by atoms with Crippen molar-refractivity contribution in [1.29, 1.82) is 0 Å². The summed E-state index contributed by atoms with van der Waals surface area (Å²) in [6.45, 7) is 8.02. The van der Waals surface area contributed by atoms with Crippen LogP contribution in [0.25, 0.3) is 0 Å². The summed E-state index contributed by atoms with van der Waals surface area (Å²) in [5.41, 5.74) is 1.52. The van der Waals surface area contributed by atoms with E-state index in [1.54, 1.807) is 0 Å². The summed E-state index contributed by atoms with van der Waals surface area (Å²) >= 11 is 0. The number of ether oxygens (including phenoxy) is 1. The second-order valence-electron chi connectivity index (χ2n) is 7.03. The first-order valence-electron chi connectivity index (χ1n) is 8.85. The predicted octanol–water partition coefficient (Wildman–Crippen LogP) is 2.75. The zero-order valence-corrected chi connectivity index (χ0v) is 14.3. The lowest BCUT2D eigenvalue weighted by Crippen LogP contribution is -2.48. The van der Waals surface area contributed by atoms with Gasteiger partial charge in [0.2, 0.25) is 0 Å². The van der Waals surface area contributed by atoms with Gasteiger partial charge in [0.15, 0.2) is 6.10 Å². The maximum Gasteiger partial charge on any atom is 0.263 e. The first kappa shape index (κ1) is 16.3. The number of hydrogen-bond acceptors (Lipinski definition) is 3. The minimum Gasteiger partial charge on any atom is -0.480 e. The molecule has 0 radical (unpaired) electrons. The van der Waals surface area contributed by atoms with E-state index in [1.807, 2.05) is 43.0 Å². The molecule has 0 bridgehead atoms. The predicted molar refractivity (Wildman–Crippen MR) is 91.6 cm³/mol. The van der Waals surface area contributed by atoms with E-state index < -0.39 is 0 Å². The standard InChI is InChI=1S/C19H28N2O2/c1-3-16(23-17-7-5-4-6-15(17)2)18(22)21-12-9-19(10-13-21)8-11-20-14-19/h4-7,16,20H,3,8-14H2,1-2H3. The molecule has 126 valence electrons. The number of nitrogens with one attached hydrogen (secondary N) is 1. The van der Waals surface area contributed by atoms with E-state index in [9.17, 15) is 4.79 Å². The molecule has 2 aliphatic heterocycles. The summed E-state index contributed by atoms with van der Waals surface area (Å²) in [5.74, 6) is 0.970. The molecule has 2 aliphatic rings. The van der Waals surface area contributed by atoms with E-state index >= 15 is 0 Å². The number of rotatable bonds is 4. The Balaban J connectivity index is 1.61. The number of piperidine rings is 1. The van der Waals surface area contributed by atoms with Crippen LogP contribution in [-0.4, -0.2) is 43.1 Å². The molecule has 2 heterocycles. The molecular weight excluding hydrogens is 288 g/mol. The maximum absolute atomic E-state index is 12.8. The lowest BCUT2D eigenvalue weighted by molar-refractivity contribution is -0.141. The van der Waals surface area contributed by atoms with Crippen molar-refractivity contribution in [1.82, 2.24) is 10.2 Å². The molecule has 3 rings (SSSR count). The molecule has 1 atom stereocenters. The highest BCUT2D eigenvalue weighted by atomic mass is 16.5. The molecule has 23 heavy (non-hydrogen) atoms. The Morgan fingerprint density at radius 3 is 2.65 bits per heavy atom. The molecule has 1 aromatic rings. The van der Waals surface area contributed by atoms with Gasteiger partial charge < -0.3 is 15.0 Å². The number of benzene rings is 1. The first-order chi connectivity index (χ1) is 11.1. The second kappa shape index (κ2) is 6.91. The number of para-hydroxylation sites is 1. The van der Waals surface area contributed by atoms with E-state index in [0.717, 1.165) is 50.3 Å². The quantitative estimate of drug-likeness (QED) is 0.929. The van der Waals surface area contributed by atoms with Crippen LogP contribution in [-0.2, 0) is 4.79 Å². The molecule has 1 amide bonds. The van der Waals surface area contributed by atoms with Crippen molar-refractivity contribution in [3.8, 4) is 5.75 Å². The van der Waals surface area contributed by atoms with E-state index in [-0.39, 0.29) is 12.0 Å². The number of aryl methyl sites for hydroxylation is 1. The van der Waals surface area contributed by atoms with Crippen LogP contribution in [0.2, 0.25) is 0 Å². The third-order valence-corrected chi connectivity index (χ3v) is 5.48. The highest BCUT2D eigenvalue weighted by molar-refractivity contribution is 5.81. The van der Waals surface area contributed by atoms with Crippen LogP contribution >= 0.6 is 0 Å². The van der Waals surface area contributed by atoms with Gasteiger partial charge in [-0.05, 0) is 56.2 Å². The second-order valence-corrected chi connectivity index (χ2v) is 7.03. The first-order valence-corrected chi connectivity index (χ1v) is 8.85. The van der Waals surface area contributed by atoms with Crippen LogP contribution in [0.15, 0.2) is 24.3 Å². The summed E-state index contributed by atoms with van der Waals surface area (Å²) in [4.78, 5) is 14.8. The van der Waals surface area contributed by atoms with Gasteiger partial charge in [-0.1, -0.05) is 25.1 Å². The lowest BCUT2D eigenvalue weighted by Gasteiger charge is -2.40. The van der Waals surface area contributed by atoms with Crippen LogP contribution in [0.1, 0.15) is 38.2 Å². The van der Waals surface area contributed by atoms with Crippen LogP contribution < -0.4 is 10.1 Å². The summed E-state index contributed by atoms with van der Waals surface area (Å²) < 4.78 is 6.02. The van der Waals surface area contributed by atoms with Crippen molar-refractivity contribution >= 4 is 5.91 Å². The molecule has 1 spiro atoms. The van der Waals surface area contributed by atoms with Crippen LogP contribution in [0.4, 0.5) is 0 Å². The highest BCUT2D eigenvalue weighted by Gasteiger charge is 2.39. The van der Waals surface area contributed by atoms with E-state index in [2.05, 4.69) is 5.32 Å². The zero-order chi connectivity index (χ0) is 16.3. The van der Waals surface area contributed by atoms with Crippen molar-refractivity contribution in [2.24, 2.45) is 5.41 Å². The maximum atomic E-state index is 12.8. The van der Waals surface area contributed by atoms with Crippen molar-refractivity contribution in [2.45, 2.75) is 45.6 Å². The van der Waals surface area contributed by atoms with Crippen molar-refractivity contribution in [2.75, 3.05) is 26.2 Å². The lowest BCUT2D eigenvalue weighted by atomic mass is 9.78. The zero-order valence-electron chi connectivity index (χ0n) is 14.3. The minimum atomic E-state index is -0.369. The molecule has 1 N–H and O–H groups in total. The van der Waals surface area contributed by atoms with Gasteiger partial charge in [-0.2, -0.15) is 0 Å². The Hall–Kier alpha value is -1.55. The fourth-order valence-electron chi connectivity index (χ4n) is 3.78. The molecule has 2 fully saturated rings. The Labute approximate surface area is 139 Å². The average molecular weight is 316 g/mol. The summed E-state index contributed by atoms with van der Waals surface area (Å²) in [5, 5.41) is 3.47. The highest BCUT2D eigenvalue weighted by Crippen LogP contribution is 2.37. The number of carbonyl (C=O) groups excluding carboxylic acids is 1. The molecule has 2 saturated heterocycles. The van der Waals surface area contributed by atoms with E-state index in [1.165, 1.54) is 6.42 Å². The van der Waals surface area contributed by atoms with Gasteiger partial charge in [0.1, 0.15) is 5.75 Å². The monoisotopic (exact) mass is 316 g/mol. The van der Waals surface area contributed by atoms with Gasteiger partial charge >= 0.3 is 0 Å². The molecular formula is C19H28N2O2. The molecule has 4 nitrogen and oxygen atoms in total. The Morgan fingerprint density at radius 2 is 2.04 bits per heavy atom. The van der Waals surface area contributed by atoms with Crippen LogP contribution in [0.5, 0.6) is 5.75 Å². The number of amides is 1. The van der Waals surface area contributed by atoms with Gasteiger partial charge in [0, 0.05) is 19.6 Å².